The van der Waals surface area contributed by atoms with Crippen molar-refractivity contribution in [3.05, 3.63) is 65.2 Å². The molecule has 2 amide bonds. The van der Waals surface area contributed by atoms with E-state index in [1.54, 1.807) is 38.4 Å². The predicted octanol–water partition coefficient (Wildman–Crippen LogP) is 2.95. The van der Waals surface area contributed by atoms with Gasteiger partial charge in [0.2, 0.25) is 5.91 Å². The Kier molecular flexibility index (Phi) is 5.38. The summed E-state index contributed by atoms with van der Waals surface area (Å²) in [6, 6.07) is 15.7. The lowest BCUT2D eigenvalue weighted by molar-refractivity contribution is -0.117. The quantitative estimate of drug-likeness (QED) is 0.901. The maximum atomic E-state index is 12.4. The molecule has 0 radical (unpaired) electrons. The summed E-state index contributed by atoms with van der Waals surface area (Å²) in [7, 11) is 5.43. The summed E-state index contributed by atoms with van der Waals surface area (Å²) in [5, 5.41) is 2.91. The fourth-order valence-electron chi connectivity index (χ4n) is 3.48. The van der Waals surface area contributed by atoms with Crippen LogP contribution in [-0.4, -0.2) is 49.3 Å². The number of hydrogen-bond acceptors (Lipinski definition) is 3. The summed E-state index contributed by atoms with van der Waals surface area (Å²) >= 11 is 0. The van der Waals surface area contributed by atoms with Gasteiger partial charge in [-0.05, 0) is 55.3 Å². The second-order valence-corrected chi connectivity index (χ2v) is 6.99. The highest BCUT2D eigenvalue weighted by atomic mass is 16.2. The minimum atomic E-state index is -0.0532. The number of fused-ring (bicyclic) bond motifs is 1. The number of amides is 2. The topological polar surface area (TPSA) is 52.7 Å². The number of aryl methyl sites for hydroxylation is 1. The average Bonchev–Trinajstić information content (AvgIpc) is 3.05. The second kappa shape index (κ2) is 7.70. The Balaban J connectivity index is 1.58. The van der Waals surface area contributed by atoms with Gasteiger partial charge in [-0.2, -0.15) is 0 Å². The van der Waals surface area contributed by atoms with Crippen molar-refractivity contribution in [1.82, 2.24) is 9.80 Å². The van der Waals surface area contributed by atoms with Gasteiger partial charge in [-0.25, -0.2) is 0 Å². The van der Waals surface area contributed by atoms with Crippen molar-refractivity contribution in [2.75, 3.05) is 33.0 Å². The van der Waals surface area contributed by atoms with Crippen molar-refractivity contribution in [3.63, 3.8) is 0 Å². The lowest BCUT2D eigenvalue weighted by Crippen LogP contribution is -2.32. The monoisotopic (exact) mass is 351 g/mol. The van der Waals surface area contributed by atoms with Crippen LogP contribution in [0.25, 0.3) is 0 Å². The van der Waals surface area contributed by atoms with Crippen molar-refractivity contribution in [2.24, 2.45) is 0 Å². The van der Waals surface area contributed by atoms with E-state index in [1.165, 1.54) is 16.0 Å². The van der Waals surface area contributed by atoms with E-state index in [1.807, 2.05) is 7.05 Å². The minimum Gasteiger partial charge on any atom is -0.345 e. The Hall–Kier alpha value is -2.66. The number of rotatable bonds is 5. The first-order valence-electron chi connectivity index (χ1n) is 8.85. The van der Waals surface area contributed by atoms with E-state index >= 15 is 0 Å². The van der Waals surface area contributed by atoms with Crippen molar-refractivity contribution in [3.8, 4) is 0 Å². The van der Waals surface area contributed by atoms with Crippen LogP contribution in [0.3, 0.4) is 0 Å². The van der Waals surface area contributed by atoms with Crippen LogP contribution in [0, 0.1) is 0 Å². The van der Waals surface area contributed by atoms with Gasteiger partial charge >= 0.3 is 0 Å². The van der Waals surface area contributed by atoms with E-state index in [0.29, 0.717) is 17.8 Å². The number of nitrogens with zero attached hydrogens (tertiary/aromatic N) is 2. The fourth-order valence-corrected chi connectivity index (χ4v) is 3.48. The van der Waals surface area contributed by atoms with E-state index in [-0.39, 0.29) is 17.9 Å². The molecule has 0 spiro atoms. The summed E-state index contributed by atoms with van der Waals surface area (Å²) in [6.45, 7) is 0.331. The van der Waals surface area contributed by atoms with Gasteiger partial charge in [-0.3, -0.25) is 14.5 Å². The Bertz CT molecular complexity index is 799. The molecule has 3 rings (SSSR count). The van der Waals surface area contributed by atoms with Crippen LogP contribution >= 0.6 is 0 Å². The smallest absolute Gasteiger partial charge is 0.253 e. The van der Waals surface area contributed by atoms with Crippen LogP contribution in [0.15, 0.2) is 48.5 Å². The molecule has 1 aliphatic carbocycles. The summed E-state index contributed by atoms with van der Waals surface area (Å²) in [5.74, 6) is -0.105. The number of nitrogens with one attached hydrogen (secondary N) is 1. The summed E-state index contributed by atoms with van der Waals surface area (Å²) in [6.07, 6.45) is 2.11. The van der Waals surface area contributed by atoms with Crippen LogP contribution in [0.5, 0.6) is 0 Å². The Morgan fingerprint density at radius 1 is 1.04 bits per heavy atom. The zero-order chi connectivity index (χ0) is 18.7. The molecular weight excluding hydrogens is 326 g/mol. The molecule has 2 aromatic rings. The number of likely N-dealkylation sites (N-methyl/N-ethyl adjacent to an activating group) is 1. The lowest BCUT2D eigenvalue weighted by Gasteiger charge is -2.24. The van der Waals surface area contributed by atoms with Gasteiger partial charge in [-0.15, -0.1) is 0 Å². The van der Waals surface area contributed by atoms with Crippen LogP contribution in [0.2, 0.25) is 0 Å². The first-order chi connectivity index (χ1) is 12.5. The molecule has 5 heteroatoms. The molecular formula is C21H25N3O2. The zero-order valence-corrected chi connectivity index (χ0v) is 15.5. The van der Waals surface area contributed by atoms with Crippen molar-refractivity contribution in [1.29, 1.82) is 0 Å². The van der Waals surface area contributed by atoms with E-state index < -0.39 is 0 Å². The van der Waals surface area contributed by atoms with E-state index in [9.17, 15) is 9.59 Å². The summed E-state index contributed by atoms with van der Waals surface area (Å²) in [4.78, 5) is 27.9. The van der Waals surface area contributed by atoms with Gasteiger partial charge in [0.25, 0.3) is 5.91 Å². The SMILES string of the molecule is CN(C)C(=O)c1ccc(NC(=O)CN(C)[C@@H]2CCc3ccccc32)cc1. The molecule has 136 valence electrons. The molecule has 5 nitrogen and oxygen atoms in total. The molecule has 0 heterocycles. The number of hydrogen-bond donors (Lipinski definition) is 1. The van der Waals surface area contributed by atoms with Crippen molar-refractivity contribution >= 4 is 17.5 Å². The van der Waals surface area contributed by atoms with Gasteiger partial charge in [0.05, 0.1) is 6.54 Å². The maximum absolute atomic E-state index is 12.4. The molecule has 2 aromatic carbocycles. The molecule has 1 atom stereocenters. The Morgan fingerprint density at radius 2 is 1.73 bits per heavy atom. The predicted molar refractivity (Wildman–Crippen MR) is 103 cm³/mol. The third-order valence-corrected chi connectivity index (χ3v) is 4.85. The number of anilines is 1. The van der Waals surface area contributed by atoms with Crippen LogP contribution in [0.1, 0.15) is 33.9 Å². The Morgan fingerprint density at radius 3 is 2.42 bits per heavy atom. The summed E-state index contributed by atoms with van der Waals surface area (Å²) < 4.78 is 0. The summed E-state index contributed by atoms with van der Waals surface area (Å²) in [5.41, 5.74) is 4.01. The highest BCUT2D eigenvalue weighted by Gasteiger charge is 2.26. The second-order valence-electron chi connectivity index (χ2n) is 6.99. The third-order valence-electron chi connectivity index (χ3n) is 4.85. The zero-order valence-electron chi connectivity index (χ0n) is 15.5. The standard InChI is InChI=1S/C21H25N3O2/c1-23(2)21(26)16-8-11-17(12-9-16)22-20(25)14-24(3)19-13-10-15-6-4-5-7-18(15)19/h4-9,11-12,19H,10,13-14H2,1-3H3,(H,22,25)/t19-/m1/s1. The molecule has 0 saturated heterocycles. The highest BCUT2D eigenvalue weighted by Crippen LogP contribution is 2.34. The van der Waals surface area contributed by atoms with Gasteiger partial charge in [0, 0.05) is 31.4 Å². The Labute approximate surface area is 154 Å². The normalized spacial score (nSPS) is 15.6. The largest absolute Gasteiger partial charge is 0.345 e. The van der Waals surface area contributed by atoms with Crippen molar-refractivity contribution in [2.45, 2.75) is 18.9 Å². The minimum absolute atomic E-state index is 0.0523. The molecule has 1 N–H and O–H groups in total. The molecule has 0 saturated carbocycles. The van der Waals surface area contributed by atoms with Gasteiger partial charge < -0.3 is 10.2 Å². The van der Waals surface area contributed by atoms with Crippen molar-refractivity contribution < 1.29 is 9.59 Å². The van der Waals surface area contributed by atoms with E-state index in [0.717, 1.165) is 12.8 Å². The third kappa shape index (κ3) is 3.94. The highest BCUT2D eigenvalue weighted by molar-refractivity contribution is 5.96. The molecule has 0 bridgehead atoms. The van der Waals surface area contributed by atoms with Crippen LogP contribution in [0.4, 0.5) is 5.69 Å². The number of carbonyl (C=O) groups excluding carboxylic acids is 2. The number of benzene rings is 2. The van der Waals surface area contributed by atoms with Crippen LogP contribution in [-0.2, 0) is 11.2 Å². The molecule has 0 aliphatic heterocycles. The molecule has 0 aromatic heterocycles. The molecule has 0 unspecified atom stereocenters. The first kappa shape index (κ1) is 18.1. The van der Waals surface area contributed by atoms with E-state index in [2.05, 4.69) is 34.5 Å². The maximum Gasteiger partial charge on any atom is 0.253 e. The van der Waals surface area contributed by atoms with Gasteiger partial charge in [0.1, 0.15) is 0 Å². The molecule has 0 fully saturated rings. The van der Waals surface area contributed by atoms with Gasteiger partial charge in [0.15, 0.2) is 0 Å². The number of carbonyl (C=O) groups is 2. The first-order valence-corrected chi connectivity index (χ1v) is 8.85. The lowest BCUT2D eigenvalue weighted by atomic mass is 10.1. The molecule has 26 heavy (non-hydrogen) atoms. The fraction of sp³-hybridized carbons (Fsp3) is 0.333. The van der Waals surface area contributed by atoms with Gasteiger partial charge in [-0.1, -0.05) is 24.3 Å². The average molecular weight is 351 g/mol. The van der Waals surface area contributed by atoms with Crippen LogP contribution < -0.4 is 5.32 Å². The van der Waals surface area contributed by atoms with E-state index in [4.69, 9.17) is 0 Å². The molecule has 1 aliphatic rings.